The van der Waals surface area contributed by atoms with Crippen LogP contribution < -0.4 is 9.62 Å². The lowest BCUT2D eigenvalue weighted by Gasteiger charge is -2.43. The summed E-state index contributed by atoms with van der Waals surface area (Å²) in [6.45, 7) is 0. The molecule has 9 heteroatoms. The minimum Gasteiger partial charge on any atom is -0.356 e. The van der Waals surface area contributed by atoms with Crippen LogP contribution in [0.4, 0.5) is 5.82 Å². The Balaban J connectivity index is 1.36. The first-order valence-electron chi connectivity index (χ1n) is 8.39. The second-order valence-electron chi connectivity index (χ2n) is 6.95. The summed E-state index contributed by atoms with van der Waals surface area (Å²) in [6, 6.07) is 4.28. The summed E-state index contributed by atoms with van der Waals surface area (Å²) >= 11 is 0. The van der Waals surface area contributed by atoms with E-state index in [-0.39, 0.29) is 18.0 Å². The van der Waals surface area contributed by atoms with Gasteiger partial charge in [0.1, 0.15) is 17.8 Å². The zero-order valence-corrected chi connectivity index (χ0v) is 14.7. The SMILES string of the molecule is CN(c1ncnc2[nH]ccc12)[C@H]1C[C@H](NS(=O)(=O)[C@H]2C[C@@H](C#N)C2)C1. The van der Waals surface area contributed by atoms with Gasteiger partial charge < -0.3 is 9.88 Å². The van der Waals surface area contributed by atoms with Crippen molar-refractivity contribution in [1.29, 1.82) is 5.26 Å². The lowest BCUT2D eigenvalue weighted by atomic mass is 9.86. The highest BCUT2D eigenvalue weighted by atomic mass is 32.2. The molecule has 25 heavy (non-hydrogen) atoms. The fourth-order valence-corrected chi connectivity index (χ4v) is 5.39. The third-order valence-electron chi connectivity index (χ3n) is 5.38. The van der Waals surface area contributed by atoms with Crippen molar-refractivity contribution in [3.8, 4) is 6.07 Å². The number of aromatic nitrogens is 3. The largest absolute Gasteiger partial charge is 0.356 e. The molecule has 2 aliphatic rings. The Hall–Kier alpha value is -2.18. The van der Waals surface area contributed by atoms with E-state index >= 15 is 0 Å². The number of H-pyrrole nitrogens is 1. The van der Waals surface area contributed by atoms with Gasteiger partial charge in [-0.05, 0) is 31.7 Å². The van der Waals surface area contributed by atoms with E-state index < -0.39 is 15.3 Å². The van der Waals surface area contributed by atoms with Crippen LogP contribution in [0, 0.1) is 17.2 Å². The quantitative estimate of drug-likeness (QED) is 0.826. The minimum atomic E-state index is -3.32. The number of nitrogens with zero attached hydrogens (tertiary/aromatic N) is 4. The van der Waals surface area contributed by atoms with Crippen LogP contribution in [0.15, 0.2) is 18.6 Å². The van der Waals surface area contributed by atoms with Crippen molar-refractivity contribution in [1.82, 2.24) is 19.7 Å². The zero-order valence-electron chi connectivity index (χ0n) is 13.9. The van der Waals surface area contributed by atoms with Crippen LogP contribution in [0.3, 0.4) is 0 Å². The molecular weight excluding hydrogens is 340 g/mol. The Kier molecular flexibility index (Phi) is 3.89. The Morgan fingerprint density at radius 1 is 1.32 bits per heavy atom. The number of nitriles is 1. The van der Waals surface area contributed by atoms with E-state index in [9.17, 15) is 8.42 Å². The van der Waals surface area contributed by atoms with Crippen molar-refractivity contribution in [2.75, 3.05) is 11.9 Å². The molecule has 0 aliphatic heterocycles. The second-order valence-corrected chi connectivity index (χ2v) is 8.94. The van der Waals surface area contributed by atoms with E-state index in [1.54, 1.807) is 0 Å². The normalized spacial score (nSPS) is 28.8. The van der Waals surface area contributed by atoms with Gasteiger partial charge in [-0.25, -0.2) is 23.1 Å². The summed E-state index contributed by atoms with van der Waals surface area (Å²) in [4.78, 5) is 13.7. The Morgan fingerprint density at radius 2 is 2.08 bits per heavy atom. The molecule has 2 heterocycles. The van der Waals surface area contributed by atoms with E-state index in [2.05, 4.69) is 30.6 Å². The Morgan fingerprint density at radius 3 is 2.80 bits per heavy atom. The van der Waals surface area contributed by atoms with Crippen LogP contribution in [-0.2, 0) is 10.0 Å². The third kappa shape index (κ3) is 2.85. The molecule has 0 saturated heterocycles. The summed E-state index contributed by atoms with van der Waals surface area (Å²) in [7, 11) is -1.34. The summed E-state index contributed by atoms with van der Waals surface area (Å²) in [5.74, 6) is 0.747. The van der Waals surface area contributed by atoms with Crippen molar-refractivity contribution in [3.63, 3.8) is 0 Å². The van der Waals surface area contributed by atoms with Gasteiger partial charge in [-0.3, -0.25) is 0 Å². The molecule has 0 amide bonds. The number of hydrogen-bond donors (Lipinski definition) is 2. The van der Waals surface area contributed by atoms with Crippen molar-refractivity contribution < 1.29 is 8.42 Å². The molecule has 0 spiro atoms. The molecule has 132 valence electrons. The van der Waals surface area contributed by atoms with Crippen molar-refractivity contribution in [3.05, 3.63) is 18.6 Å². The van der Waals surface area contributed by atoms with Crippen LogP contribution >= 0.6 is 0 Å². The number of aromatic amines is 1. The molecule has 0 unspecified atom stereocenters. The van der Waals surface area contributed by atoms with Gasteiger partial charge in [-0.15, -0.1) is 0 Å². The maximum absolute atomic E-state index is 12.3. The molecule has 0 aromatic carbocycles. The highest BCUT2D eigenvalue weighted by molar-refractivity contribution is 7.90. The van der Waals surface area contributed by atoms with Crippen LogP contribution in [-0.4, -0.2) is 47.8 Å². The monoisotopic (exact) mass is 360 g/mol. The van der Waals surface area contributed by atoms with E-state index in [4.69, 9.17) is 5.26 Å². The summed E-state index contributed by atoms with van der Waals surface area (Å²) < 4.78 is 27.4. The molecule has 0 bridgehead atoms. The van der Waals surface area contributed by atoms with Crippen molar-refractivity contribution in [2.24, 2.45) is 5.92 Å². The molecule has 2 saturated carbocycles. The lowest BCUT2D eigenvalue weighted by molar-refractivity contribution is 0.309. The number of fused-ring (bicyclic) bond motifs is 1. The van der Waals surface area contributed by atoms with E-state index in [1.165, 1.54) is 6.33 Å². The molecule has 2 aliphatic carbocycles. The van der Waals surface area contributed by atoms with Gasteiger partial charge in [-0.2, -0.15) is 5.26 Å². The fraction of sp³-hybridized carbons (Fsp3) is 0.562. The first kappa shape index (κ1) is 16.3. The fourth-order valence-electron chi connectivity index (χ4n) is 3.57. The van der Waals surface area contributed by atoms with Crippen LogP contribution in [0.1, 0.15) is 25.7 Å². The number of anilines is 1. The maximum atomic E-state index is 12.3. The zero-order chi connectivity index (χ0) is 17.6. The number of sulfonamides is 1. The van der Waals surface area contributed by atoms with E-state index in [1.807, 2.05) is 19.3 Å². The first-order chi connectivity index (χ1) is 12.0. The molecule has 2 aromatic heterocycles. The molecule has 2 aromatic rings. The van der Waals surface area contributed by atoms with Crippen LogP contribution in [0.5, 0.6) is 0 Å². The predicted molar refractivity (Wildman–Crippen MR) is 93.3 cm³/mol. The van der Waals surface area contributed by atoms with Gasteiger partial charge in [0, 0.05) is 31.2 Å². The van der Waals surface area contributed by atoms with Crippen LogP contribution in [0.2, 0.25) is 0 Å². The van der Waals surface area contributed by atoms with Crippen molar-refractivity contribution in [2.45, 2.75) is 43.0 Å². The average Bonchev–Trinajstić information content (AvgIpc) is 2.97. The molecular formula is C16H20N6O2S. The van der Waals surface area contributed by atoms with Gasteiger partial charge in [0.2, 0.25) is 10.0 Å². The van der Waals surface area contributed by atoms with E-state index in [0.29, 0.717) is 12.8 Å². The van der Waals surface area contributed by atoms with Gasteiger partial charge in [0.05, 0.1) is 16.7 Å². The Bertz CT molecular complexity index is 921. The smallest absolute Gasteiger partial charge is 0.214 e. The van der Waals surface area contributed by atoms with Gasteiger partial charge in [-0.1, -0.05) is 0 Å². The van der Waals surface area contributed by atoms with E-state index in [0.717, 1.165) is 29.7 Å². The standard InChI is InChI=1S/C16H20N6O2S/c1-22(16-14-2-3-18-15(14)19-9-20-16)12-6-11(7-12)21-25(23,24)13-4-10(5-13)8-17/h2-3,9-13,21H,4-7H2,1H3,(H,18,19,20)/t10-,11-,12-,13+. The Labute approximate surface area is 146 Å². The molecule has 0 atom stereocenters. The number of hydrogen-bond acceptors (Lipinski definition) is 6. The minimum absolute atomic E-state index is 0.0397. The van der Waals surface area contributed by atoms with Gasteiger partial charge >= 0.3 is 0 Å². The predicted octanol–water partition coefficient (Wildman–Crippen LogP) is 1.15. The first-order valence-corrected chi connectivity index (χ1v) is 9.94. The maximum Gasteiger partial charge on any atom is 0.214 e. The van der Waals surface area contributed by atoms with Crippen LogP contribution in [0.25, 0.3) is 11.0 Å². The average molecular weight is 360 g/mol. The topological polar surface area (TPSA) is 115 Å². The molecule has 4 rings (SSSR count). The second kappa shape index (κ2) is 5.97. The summed E-state index contributed by atoms with van der Waals surface area (Å²) in [6.07, 6.45) is 5.77. The number of rotatable bonds is 5. The highest BCUT2D eigenvalue weighted by Crippen LogP contribution is 2.35. The molecule has 0 radical (unpaired) electrons. The summed E-state index contributed by atoms with van der Waals surface area (Å²) in [5, 5.41) is 9.35. The number of nitrogens with one attached hydrogen (secondary N) is 2. The van der Waals surface area contributed by atoms with Crippen molar-refractivity contribution >= 4 is 26.9 Å². The molecule has 2 N–H and O–H groups in total. The van der Waals surface area contributed by atoms with Gasteiger partial charge in [0.25, 0.3) is 0 Å². The van der Waals surface area contributed by atoms with Gasteiger partial charge in [0.15, 0.2) is 0 Å². The lowest BCUT2D eigenvalue weighted by Crippen LogP contribution is -2.55. The summed E-state index contributed by atoms with van der Waals surface area (Å²) in [5.41, 5.74) is 0.797. The molecule has 2 fully saturated rings. The molecule has 8 nitrogen and oxygen atoms in total. The third-order valence-corrected chi connectivity index (χ3v) is 7.30. The highest BCUT2D eigenvalue weighted by Gasteiger charge is 2.42.